The van der Waals surface area contributed by atoms with Crippen LogP contribution in [0, 0.1) is 10.1 Å². The summed E-state index contributed by atoms with van der Waals surface area (Å²) >= 11 is 0. The number of hydrogen-bond acceptors (Lipinski definition) is 5. The van der Waals surface area contributed by atoms with Crippen molar-refractivity contribution in [1.29, 1.82) is 0 Å². The minimum Gasteiger partial charge on any atom is -0.487 e. The van der Waals surface area contributed by atoms with E-state index in [4.69, 9.17) is 10.5 Å². The van der Waals surface area contributed by atoms with E-state index in [1.165, 1.54) is 6.07 Å². The van der Waals surface area contributed by atoms with Gasteiger partial charge in [-0.25, -0.2) is 0 Å². The molecule has 0 radical (unpaired) electrons. The van der Waals surface area contributed by atoms with Gasteiger partial charge >= 0.3 is 0 Å². The van der Waals surface area contributed by atoms with E-state index in [9.17, 15) is 10.1 Å². The molecule has 98 valence electrons. The largest absolute Gasteiger partial charge is 0.487 e. The highest BCUT2D eigenvalue weighted by atomic mass is 16.6. The number of hydrogen-bond donors (Lipinski definition) is 1. The van der Waals surface area contributed by atoms with Crippen molar-refractivity contribution in [2.45, 2.75) is 13.2 Å². The predicted molar refractivity (Wildman–Crippen MR) is 69.6 cm³/mol. The van der Waals surface area contributed by atoms with Crippen molar-refractivity contribution in [3.63, 3.8) is 0 Å². The topological polar surface area (TPSA) is 91.3 Å². The van der Waals surface area contributed by atoms with E-state index in [-0.39, 0.29) is 12.3 Å². The summed E-state index contributed by atoms with van der Waals surface area (Å²) in [6, 6.07) is 9.98. The minimum atomic E-state index is -0.422. The fraction of sp³-hybridized carbons (Fsp3) is 0.154. The van der Waals surface area contributed by atoms with E-state index in [0.29, 0.717) is 17.9 Å². The number of nitrogens with two attached hydrogens (primary N) is 1. The standard InChI is InChI=1S/C13H13N3O3/c14-7-11-5-6-12(8-15-11)19-9-10-3-1-2-4-13(10)16(17)18/h1-6,8H,7,9,14H2. The maximum Gasteiger partial charge on any atom is 0.276 e. The molecule has 6 nitrogen and oxygen atoms in total. The molecule has 0 aliphatic heterocycles. The van der Waals surface area contributed by atoms with Crippen LogP contribution < -0.4 is 10.5 Å². The lowest BCUT2D eigenvalue weighted by Crippen LogP contribution is -2.02. The Labute approximate surface area is 110 Å². The Hall–Kier alpha value is -2.47. The second kappa shape index (κ2) is 5.92. The van der Waals surface area contributed by atoms with Crippen LogP contribution in [0.4, 0.5) is 5.69 Å². The molecule has 0 spiro atoms. The molecule has 0 aliphatic rings. The highest BCUT2D eigenvalue weighted by Crippen LogP contribution is 2.20. The summed E-state index contributed by atoms with van der Waals surface area (Å²) in [7, 11) is 0. The van der Waals surface area contributed by atoms with E-state index >= 15 is 0 Å². The molecule has 19 heavy (non-hydrogen) atoms. The van der Waals surface area contributed by atoms with Crippen LogP contribution in [0.3, 0.4) is 0 Å². The molecule has 2 N–H and O–H groups in total. The van der Waals surface area contributed by atoms with Crippen molar-refractivity contribution in [3.05, 3.63) is 64.0 Å². The van der Waals surface area contributed by atoms with Gasteiger partial charge in [0.25, 0.3) is 5.69 Å². The summed E-state index contributed by atoms with van der Waals surface area (Å²) in [5, 5.41) is 10.8. The van der Waals surface area contributed by atoms with Crippen LogP contribution in [0.5, 0.6) is 5.75 Å². The number of nitro groups is 1. The minimum absolute atomic E-state index is 0.0500. The van der Waals surface area contributed by atoms with E-state index in [0.717, 1.165) is 5.69 Å². The molecule has 0 bridgehead atoms. The number of para-hydroxylation sites is 1. The zero-order valence-electron chi connectivity index (χ0n) is 10.2. The van der Waals surface area contributed by atoms with E-state index in [1.54, 1.807) is 36.5 Å². The molecule has 2 aromatic rings. The lowest BCUT2D eigenvalue weighted by Gasteiger charge is -2.06. The van der Waals surface area contributed by atoms with Gasteiger partial charge in [0.2, 0.25) is 0 Å². The second-order valence-corrected chi connectivity index (χ2v) is 3.86. The molecular formula is C13H13N3O3. The highest BCUT2D eigenvalue weighted by Gasteiger charge is 2.12. The van der Waals surface area contributed by atoms with Gasteiger partial charge in [0.15, 0.2) is 0 Å². The molecule has 0 atom stereocenters. The molecule has 1 heterocycles. The number of benzene rings is 1. The van der Waals surface area contributed by atoms with Crippen LogP contribution in [0.2, 0.25) is 0 Å². The van der Waals surface area contributed by atoms with Crippen LogP contribution in [-0.4, -0.2) is 9.91 Å². The van der Waals surface area contributed by atoms with E-state index < -0.39 is 4.92 Å². The maximum atomic E-state index is 10.8. The molecule has 6 heteroatoms. The van der Waals surface area contributed by atoms with Gasteiger partial charge in [0, 0.05) is 12.6 Å². The Morgan fingerprint density at radius 3 is 2.68 bits per heavy atom. The summed E-state index contributed by atoms with van der Waals surface area (Å²) in [5.74, 6) is 0.551. The first-order valence-corrected chi connectivity index (χ1v) is 5.71. The third-order valence-electron chi connectivity index (χ3n) is 2.59. The lowest BCUT2D eigenvalue weighted by atomic mass is 10.2. The monoisotopic (exact) mass is 259 g/mol. The summed E-state index contributed by atoms with van der Waals surface area (Å²) in [6.07, 6.45) is 1.55. The van der Waals surface area contributed by atoms with Gasteiger partial charge in [0.1, 0.15) is 12.4 Å². The molecule has 0 amide bonds. The Kier molecular flexibility index (Phi) is 4.04. The van der Waals surface area contributed by atoms with Crippen LogP contribution in [0.15, 0.2) is 42.6 Å². The van der Waals surface area contributed by atoms with Gasteiger partial charge in [-0.15, -0.1) is 0 Å². The molecule has 0 aliphatic carbocycles. The molecule has 2 rings (SSSR count). The summed E-state index contributed by atoms with van der Waals surface area (Å²) in [6.45, 7) is 0.491. The first-order valence-electron chi connectivity index (χ1n) is 5.71. The molecule has 1 aromatic heterocycles. The van der Waals surface area contributed by atoms with Gasteiger partial charge in [0.05, 0.1) is 22.4 Å². The number of rotatable bonds is 5. The summed E-state index contributed by atoms with van der Waals surface area (Å²) in [5.41, 5.74) is 6.78. The smallest absolute Gasteiger partial charge is 0.276 e. The number of pyridine rings is 1. The lowest BCUT2D eigenvalue weighted by molar-refractivity contribution is -0.385. The van der Waals surface area contributed by atoms with E-state index in [1.807, 2.05) is 0 Å². The predicted octanol–water partition coefficient (Wildman–Crippen LogP) is 2.03. The SMILES string of the molecule is NCc1ccc(OCc2ccccc2[N+](=O)[O-])cn1. The molecule has 0 fully saturated rings. The zero-order valence-corrected chi connectivity index (χ0v) is 10.2. The van der Waals surface area contributed by atoms with Crippen LogP contribution in [-0.2, 0) is 13.2 Å². The van der Waals surface area contributed by atoms with Gasteiger partial charge in [-0.1, -0.05) is 12.1 Å². The van der Waals surface area contributed by atoms with Gasteiger partial charge in [-0.2, -0.15) is 0 Å². The number of aromatic nitrogens is 1. The number of nitro benzene ring substituents is 1. The maximum absolute atomic E-state index is 10.8. The normalized spacial score (nSPS) is 10.2. The fourth-order valence-corrected chi connectivity index (χ4v) is 1.59. The zero-order chi connectivity index (χ0) is 13.7. The average Bonchev–Trinajstić information content (AvgIpc) is 2.46. The van der Waals surface area contributed by atoms with Crippen LogP contribution >= 0.6 is 0 Å². The third-order valence-corrected chi connectivity index (χ3v) is 2.59. The second-order valence-electron chi connectivity index (χ2n) is 3.86. The summed E-state index contributed by atoms with van der Waals surface area (Å²) < 4.78 is 5.47. The fourth-order valence-electron chi connectivity index (χ4n) is 1.59. The van der Waals surface area contributed by atoms with Crippen molar-refractivity contribution in [3.8, 4) is 5.75 Å². The van der Waals surface area contributed by atoms with Crippen molar-refractivity contribution < 1.29 is 9.66 Å². The average molecular weight is 259 g/mol. The summed E-state index contributed by atoms with van der Waals surface area (Å²) in [4.78, 5) is 14.5. The molecule has 0 saturated carbocycles. The number of nitrogens with zero attached hydrogens (tertiary/aromatic N) is 2. The molecule has 1 aromatic carbocycles. The third kappa shape index (κ3) is 3.26. The molecule has 0 unspecified atom stereocenters. The van der Waals surface area contributed by atoms with Gasteiger partial charge < -0.3 is 10.5 Å². The van der Waals surface area contributed by atoms with Crippen molar-refractivity contribution >= 4 is 5.69 Å². The quantitative estimate of drug-likeness (QED) is 0.655. The first kappa shape index (κ1) is 13.0. The molecule has 0 saturated heterocycles. The Morgan fingerprint density at radius 2 is 2.05 bits per heavy atom. The van der Waals surface area contributed by atoms with Crippen molar-refractivity contribution in [2.24, 2.45) is 5.73 Å². The van der Waals surface area contributed by atoms with Gasteiger partial charge in [-0.3, -0.25) is 15.1 Å². The van der Waals surface area contributed by atoms with Gasteiger partial charge in [-0.05, 0) is 18.2 Å². The Bertz CT molecular complexity index is 570. The van der Waals surface area contributed by atoms with Crippen LogP contribution in [0.1, 0.15) is 11.3 Å². The van der Waals surface area contributed by atoms with Crippen molar-refractivity contribution in [2.75, 3.05) is 0 Å². The number of ether oxygens (including phenoxy) is 1. The Balaban J connectivity index is 2.07. The molecular weight excluding hydrogens is 246 g/mol. The van der Waals surface area contributed by atoms with Crippen molar-refractivity contribution in [1.82, 2.24) is 4.98 Å². The van der Waals surface area contributed by atoms with Crippen LogP contribution in [0.25, 0.3) is 0 Å². The highest BCUT2D eigenvalue weighted by molar-refractivity contribution is 5.39. The Morgan fingerprint density at radius 1 is 1.26 bits per heavy atom. The van der Waals surface area contributed by atoms with E-state index in [2.05, 4.69) is 4.98 Å². The first-order chi connectivity index (χ1) is 9.20.